The van der Waals surface area contributed by atoms with E-state index in [1.54, 1.807) is 13.6 Å². The molecule has 4 aromatic rings. The summed E-state index contributed by atoms with van der Waals surface area (Å²) in [7, 11) is 0. The van der Waals surface area contributed by atoms with Crippen LogP contribution in [0.5, 0.6) is 10.8 Å². The van der Waals surface area contributed by atoms with Gasteiger partial charge in [0.1, 0.15) is 5.06 Å². The van der Waals surface area contributed by atoms with Crippen LogP contribution in [-0.2, 0) is 26.5 Å². The summed E-state index contributed by atoms with van der Waals surface area (Å²) in [5.74, 6) is 0.529. The van der Waals surface area contributed by atoms with Gasteiger partial charge in [0.25, 0.3) is 0 Å². The molecule has 1 aliphatic rings. The van der Waals surface area contributed by atoms with E-state index >= 15 is 0 Å². The number of nitrogens with zero attached hydrogens (tertiary/aromatic N) is 3. The molecule has 2 aromatic carbocycles. The molecule has 184 valence electrons. The molecule has 0 radical (unpaired) electrons. The van der Waals surface area contributed by atoms with Gasteiger partial charge in [0.2, 0.25) is 0 Å². The van der Waals surface area contributed by atoms with E-state index in [4.69, 9.17) is 8.85 Å². The Morgan fingerprint density at radius 2 is 1.86 bits per heavy atom. The van der Waals surface area contributed by atoms with E-state index < -0.39 is 6.98 Å². The van der Waals surface area contributed by atoms with Gasteiger partial charge in [0, 0.05) is 48.5 Å². The number of ether oxygens (including phenoxy) is 1. The number of benzene rings is 2. The Balaban J connectivity index is 0.00000336. The number of hydrogen-bond donors (Lipinski definition) is 0. The molecule has 0 fully saturated rings. The van der Waals surface area contributed by atoms with Crippen molar-refractivity contribution >= 4 is 27.1 Å². The first-order valence-corrected chi connectivity index (χ1v) is 12.0. The zero-order chi connectivity index (χ0) is 26.5. The van der Waals surface area contributed by atoms with E-state index in [0.717, 1.165) is 27.0 Å². The summed E-state index contributed by atoms with van der Waals surface area (Å²) in [6, 6.07) is 22.6. The maximum Gasteiger partial charge on any atom is 0.107 e. The molecule has 0 saturated heterocycles. The van der Waals surface area contributed by atoms with Crippen molar-refractivity contribution in [3.8, 4) is 22.1 Å². The van der Waals surface area contributed by atoms with E-state index in [1.165, 1.54) is 21.8 Å². The Morgan fingerprint density at radius 3 is 2.60 bits per heavy atom. The molecule has 0 aliphatic carbocycles. The number of hydrogen-bond acceptors (Lipinski definition) is 5. The minimum Gasteiger partial charge on any atom is -0.508 e. The van der Waals surface area contributed by atoms with Gasteiger partial charge in [0.15, 0.2) is 0 Å². The average molecular weight is 665 g/mol. The molecule has 4 nitrogen and oxygen atoms in total. The fourth-order valence-electron chi connectivity index (χ4n) is 3.89. The zero-order valence-electron chi connectivity index (χ0n) is 23.2. The van der Waals surface area contributed by atoms with Crippen molar-refractivity contribution in [1.82, 2.24) is 9.88 Å². The summed E-state index contributed by atoms with van der Waals surface area (Å²) in [6.07, 6.45) is 1.86. The first kappa shape index (κ1) is 21.6. The van der Waals surface area contributed by atoms with Crippen LogP contribution in [0.2, 0.25) is 0 Å². The van der Waals surface area contributed by atoms with Gasteiger partial charge in [-0.3, -0.25) is 4.98 Å². The number of pyridine rings is 1. The fraction of sp³-hybridized carbons (Fsp3) is 0.241. The second kappa shape index (κ2) is 9.79. The van der Waals surface area contributed by atoms with Gasteiger partial charge < -0.3 is 14.5 Å². The van der Waals surface area contributed by atoms with Crippen molar-refractivity contribution < 1.29 is 29.9 Å². The van der Waals surface area contributed by atoms with Crippen LogP contribution < -0.4 is 9.64 Å². The van der Waals surface area contributed by atoms with Crippen LogP contribution in [0.4, 0.5) is 5.69 Å². The van der Waals surface area contributed by atoms with E-state index in [9.17, 15) is 0 Å². The monoisotopic (exact) mass is 664 g/mol. The van der Waals surface area contributed by atoms with E-state index in [0.29, 0.717) is 22.2 Å². The minimum atomic E-state index is -2.25. The summed E-state index contributed by atoms with van der Waals surface area (Å²) < 4.78 is 30.6. The van der Waals surface area contributed by atoms with Crippen LogP contribution in [-0.4, -0.2) is 16.9 Å². The fourth-order valence-corrected chi connectivity index (χ4v) is 4.79. The molecule has 6 heteroatoms. The van der Waals surface area contributed by atoms with Gasteiger partial charge in [-0.15, -0.1) is 47.6 Å². The second-order valence-electron chi connectivity index (χ2n) is 9.40. The molecule has 0 spiro atoms. The number of thiophene rings is 1. The van der Waals surface area contributed by atoms with Crippen LogP contribution in [0.25, 0.3) is 21.3 Å². The van der Waals surface area contributed by atoms with Crippen LogP contribution in [0, 0.1) is 18.8 Å². The Bertz CT molecular complexity index is 1510. The molecule has 0 N–H and O–H groups in total. The SMILES string of the molecule is [2H]C([2H])([2H])N1[CH-]N(c2[c-]c(Oc3[c-]c4c(-c5cc(C(C)(C)C)ccn5)cccc4s3)ccc2)C(C)=C1C.[Pt]. The van der Waals surface area contributed by atoms with Crippen molar-refractivity contribution in [2.45, 2.75) is 40.0 Å². The van der Waals surface area contributed by atoms with Crippen LogP contribution in [0.3, 0.4) is 0 Å². The molecule has 0 saturated carbocycles. The van der Waals surface area contributed by atoms with E-state index in [-0.39, 0.29) is 26.5 Å². The molecule has 1 aliphatic heterocycles. The predicted molar refractivity (Wildman–Crippen MR) is 141 cm³/mol. The number of allylic oxidation sites excluding steroid dienone is 2. The number of rotatable bonds is 4. The third-order valence-electron chi connectivity index (χ3n) is 6.05. The average Bonchev–Trinajstić information content (AvgIpc) is 3.38. The normalized spacial score (nSPS) is 15.6. The molecule has 0 unspecified atom stereocenters. The number of aromatic nitrogens is 1. The van der Waals surface area contributed by atoms with Gasteiger partial charge in [-0.2, -0.15) is 29.5 Å². The summed E-state index contributed by atoms with van der Waals surface area (Å²) in [6.45, 7) is 9.61. The van der Waals surface area contributed by atoms with E-state index in [2.05, 4.69) is 62.2 Å². The Hall–Kier alpha value is -2.62. The summed E-state index contributed by atoms with van der Waals surface area (Å²) in [4.78, 5) is 7.75. The first-order valence-electron chi connectivity index (χ1n) is 12.6. The predicted octanol–water partition coefficient (Wildman–Crippen LogP) is 7.77. The molecule has 0 atom stereocenters. The van der Waals surface area contributed by atoms with Gasteiger partial charge in [0.05, 0.1) is 0 Å². The molecule has 3 heterocycles. The molecule has 5 rings (SSSR count). The largest absolute Gasteiger partial charge is 0.508 e. The number of anilines is 1. The third-order valence-corrected chi connectivity index (χ3v) is 6.98. The molecule has 0 amide bonds. The third kappa shape index (κ3) is 5.03. The van der Waals surface area contributed by atoms with Crippen molar-refractivity contribution in [2.75, 3.05) is 11.9 Å². The zero-order valence-corrected chi connectivity index (χ0v) is 23.3. The van der Waals surface area contributed by atoms with Crippen LogP contribution in [0.1, 0.15) is 44.3 Å². The van der Waals surface area contributed by atoms with Gasteiger partial charge in [-0.1, -0.05) is 31.5 Å². The first-order chi connectivity index (χ1) is 17.4. The smallest absolute Gasteiger partial charge is 0.107 e. The van der Waals surface area contributed by atoms with Crippen molar-refractivity contribution in [2.24, 2.45) is 0 Å². The topological polar surface area (TPSA) is 28.6 Å². The minimum absolute atomic E-state index is 0. The van der Waals surface area contributed by atoms with Gasteiger partial charge in [-0.25, -0.2) is 0 Å². The van der Waals surface area contributed by atoms with Crippen LogP contribution >= 0.6 is 11.3 Å². The van der Waals surface area contributed by atoms with E-state index in [1.807, 2.05) is 42.3 Å². The number of fused-ring (bicyclic) bond motifs is 1. The van der Waals surface area contributed by atoms with Crippen molar-refractivity contribution in [3.63, 3.8) is 0 Å². The second-order valence-corrected chi connectivity index (χ2v) is 10.4. The van der Waals surface area contributed by atoms with Crippen molar-refractivity contribution in [1.29, 1.82) is 0 Å². The Morgan fingerprint density at radius 1 is 1.06 bits per heavy atom. The van der Waals surface area contributed by atoms with Crippen LogP contribution in [0.15, 0.2) is 66.1 Å². The Kier molecular flexibility index (Phi) is 6.06. The summed E-state index contributed by atoms with van der Waals surface area (Å²) >= 11 is 1.51. The van der Waals surface area contributed by atoms with Gasteiger partial charge >= 0.3 is 0 Å². The molecule has 2 aromatic heterocycles. The molecular formula is C29H28N3OPtS-3. The molecule has 0 bridgehead atoms. The maximum absolute atomic E-state index is 7.79. The standard InChI is InChI=1S/C29H28N3OS.Pt/c1-19-20(2)32(18-31(19)6)22-9-7-10-23(16-22)33-28-17-25-24(11-8-12-27(25)34-28)26-15-21(13-14-30-26)29(3,4)5;/h7-15,18H,1-6H3;/q-3;/i6D3;. The maximum atomic E-state index is 7.79. The summed E-state index contributed by atoms with van der Waals surface area (Å²) in [5.41, 5.74) is 5.38. The Labute approximate surface area is 230 Å². The van der Waals surface area contributed by atoms with Gasteiger partial charge in [-0.05, 0) is 49.6 Å². The molecular weight excluding hydrogens is 633 g/mol. The van der Waals surface area contributed by atoms with Crippen molar-refractivity contribution in [3.05, 3.63) is 90.5 Å². The summed E-state index contributed by atoms with van der Waals surface area (Å²) in [5, 5.41) is 1.59. The quantitative estimate of drug-likeness (QED) is 0.209. The molecule has 35 heavy (non-hydrogen) atoms.